The summed E-state index contributed by atoms with van der Waals surface area (Å²) < 4.78 is 10.7. The van der Waals surface area contributed by atoms with Crippen molar-refractivity contribution in [2.75, 3.05) is 7.11 Å². The predicted octanol–water partition coefficient (Wildman–Crippen LogP) is 4.53. The Kier molecular flexibility index (Phi) is 6.35. The third-order valence-corrected chi connectivity index (χ3v) is 6.61. The summed E-state index contributed by atoms with van der Waals surface area (Å²) in [6.07, 6.45) is 7.02. The van der Waals surface area contributed by atoms with E-state index in [1.165, 1.54) is 13.5 Å². The lowest BCUT2D eigenvalue weighted by Crippen LogP contribution is -2.38. The zero-order chi connectivity index (χ0) is 22.0. The molecule has 0 amide bonds. The van der Waals surface area contributed by atoms with Crippen molar-refractivity contribution in [2.24, 2.45) is 10.9 Å². The minimum Gasteiger partial charge on any atom is -0.465 e. The predicted molar refractivity (Wildman–Crippen MR) is 116 cm³/mol. The quantitative estimate of drug-likeness (QED) is 0.665. The molecule has 0 bridgehead atoms. The zero-order valence-corrected chi connectivity index (χ0v) is 18.2. The average molecular weight is 424 g/mol. The summed E-state index contributed by atoms with van der Waals surface area (Å²) in [4.78, 5) is 42.8. The lowest BCUT2D eigenvalue weighted by molar-refractivity contribution is -0.153. The fourth-order valence-corrected chi connectivity index (χ4v) is 5.04. The lowest BCUT2D eigenvalue weighted by atomic mass is 9.71. The Balaban J connectivity index is 1.71. The molecule has 1 aliphatic heterocycles. The van der Waals surface area contributed by atoms with Gasteiger partial charge < -0.3 is 9.47 Å². The topological polar surface area (TPSA) is 82.0 Å². The van der Waals surface area contributed by atoms with E-state index in [1.54, 1.807) is 12.1 Å². The minimum absolute atomic E-state index is 0.0509. The Hall–Kier alpha value is -2.76. The van der Waals surface area contributed by atoms with Crippen molar-refractivity contribution < 1.29 is 23.9 Å². The number of methoxy groups -OCH3 is 1. The van der Waals surface area contributed by atoms with Gasteiger partial charge in [-0.25, -0.2) is 4.79 Å². The number of hydrogen-bond acceptors (Lipinski definition) is 6. The Morgan fingerprint density at radius 1 is 1.00 bits per heavy atom. The first-order valence-electron chi connectivity index (χ1n) is 11.2. The first-order valence-corrected chi connectivity index (χ1v) is 11.2. The molecule has 31 heavy (non-hydrogen) atoms. The summed E-state index contributed by atoms with van der Waals surface area (Å²) in [6, 6.07) is 6.98. The number of hydrogen-bond donors (Lipinski definition) is 0. The van der Waals surface area contributed by atoms with Crippen LogP contribution in [0.5, 0.6) is 0 Å². The average Bonchev–Trinajstić information content (AvgIpc) is 2.78. The molecule has 2 atom stereocenters. The number of ketones is 1. The van der Waals surface area contributed by atoms with Crippen LogP contribution < -0.4 is 0 Å². The van der Waals surface area contributed by atoms with Crippen LogP contribution in [-0.2, 0) is 19.1 Å². The fraction of sp³-hybridized carbons (Fsp3) is 0.520. The van der Waals surface area contributed by atoms with Crippen molar-refractivity contribution in [3.05, 3.63) is 46.7 Å². The highest BCUT2D eigenvalue weighted by molar-refractivity contribution is 6.08. The van der Waals surface area contributed by atoms with E-state index >= 15 is 0 Å². The van der Waals surface area contributed by atoms with E-state index in [-0.39, 0.29) is 17.9 Å². The summed E-state index contributed by atoms with van der Waals surface area (Å²) in [5.41, 5.74) is 3.36. The molecule has 1 aromatic rings. The number of benzene rings is 1. The van der Waals surface area contributed by atoms with Crippen LogP contribution in [0.15, 0.2) is 40.5 Å². The van der Waals surface area contributed by atoms with Crippen molar-refractivity contribution in [3.63, 3.8) is 0 Å². The van der Waals surface area contributed by atoms with E-state index in [2.05, 4.69) is 4.99 Å². The Morgan fingerprint density at radius 3 is 2.39 bits per heavy atom. The highest BCUT2D eigenvalue weighted by Crippen LogP contribution is 2.44. The molecule has 0 radical (unpaired) electrons. The summed E-state index contributed by atoms with van der Waals surface area (Å²) >= 11 is 0. The molecule has 6 heteroatoms. The van der Waals surface area contributed by atoms with Gasteiger partial charge >= 0.3 is 11.9 Å². The van der Waals surface area contributed by atoms with Crippen LogP contribution in [0.25, 0.3) is 0 Å². The van der Waals surface area contributed by atoms with Crippen molar-refractivity contribution >= 4 is 23.4 Å². The van der Waals surface area contributed by atoms with Crippen LogP contribution in [-0.4, -0.2) is 36.6 Å². The number of aliphatic imine (C=N–C) groups is 1. The molecule has 4 rings (SSSR count). The molecule has 1 aromatic carbocycles. The van der Waals surface area contributed by atoms with Crippen LogP contribution >= 0.6 is 0 Å². The highest BCUT2D eigenvalue weighted by Gasteiger charge is 2.43. The van der Waals surface area contributed by atoms with Crippen molar-refractivity contribution in [3.8, 4) is 0 Å². The maximum atomic E-state index is 13.4. The smallest absolute Gasteiger partial charge is 0.337 e. The SMILES string of the molecule is COC(=O)c1ccc([C@H]2C3=C(CCCC3=O)N=C(C)C2C(=O)OC2CCCCC2)cc1. The molecule has 1 saturated carbocycles. The zero-order valence-electron chi connectivity index (χ0n) is 18.2. The minimum atomic E-state index is -0.633. The van der Waals surface area contributed by atoms with Gasteiger partial charge in [0.15, 0.2) is 5.78 Å². The molecule has 1 unspecified atom stereocenters. The van der Waals surface area contributed by atoms with Gasteiger partial charge in [-0.3, -0.25) is 14.6 Å². The Morgan fingerprint density at radius 2 is 1.71 bits per heavy atom. The van der Waals surface area contributed by atoms with Crippen LogP contribution in [0.3, 0.4) is 0 Å². The molecule has 1 fully saturated rings. The Bertz CT molecular complexity index is 937. The number of allylic oxidation sites excluding steroid dienone is 2. The van der Waals surface area contributed by atoms with Crippen molar-refractivity contribution in [2.45, 2.75) is 70.3 Å². The fourth-order valence-electron chi connectivity index (χ4n) is 5.04. The van der Waals surface area contributed by atoms with Crippen molar-refractivity contribution in [1.29, 1.82) is 0 Å². The van der Waals surface area contributed by atoms with E-state index in [4.69, 9.17) is 9.47 Å². The third-order valence-electron chi connectivity index (χ3n) is 6.61. The number of esters is 2. The van der Waals surface area contributed by atoms with Crippen molar-refractivity contribution in [1.82, 2.24) is 0 Å². The molecule has 1 heterocycles. The number of nitrogens with zero attached hydrogens (tertiary/aromatic N) is 1. The van der Waals surface area contributed by atoms with E-state index in [0.717, 1.165) is 49.8 Å². The number of carbonyl (C=O) groups is 3. The normalized spacial score (nSPS) is 24.3. The largest absolute Gasteiger partial charge is 0.465 e. The molecule has 3 aliphatic rings. The second-order valence-electron chi connectivity index (χ2n) is 8.66. The van der Waals surface area contributed by atoms with E-state index in [0.29, 0.717) is 23.3 Å². The number of rotatable bonds is 4. The van der Waals surface area contributed by atoms with Gasteiger partial charge in [-0.2, -0.15) is 0 Å². The first kappa shape index (κ1) is 21.5. The summed E-state index contributed by atoms with van der Waals surface area (Å²) in [7, 11) is 1.34. The summed E-state index contributed by atoms with van der Waals surface area (Å²) in [5, 5.41) is 0. The molecular weight excluding hydrogens is 394 g/mol. The summed E-state index contributed by atoms with van der Waals surface area (Å²) in [5.74, 6) is -1.75. The maximum absolute atomic E-state index is 13.4. The molecule has 6 nitrogen and oxygen atoms in total. The molecule has 164 valence electrons. The van der Waals surface area contributed by atoms with Crippen LogP contribution in [0, 0.1) is 5.92 Å². The number of Topliss-reactive ketones (excluding diaryl/α,β-unsaturated/α-hetero) is 1. The molecule has 2 aliphatic carbocycles. The summed E-state index contributed by atoms with van der Waals surface area (Å²) in [6.45, 7) is 1.85. The molecule has 0 N–H and O–H groups in total. The van der Waals surface area contributed by atoms with Gasteiger partial charge in [0.2, 0.25) is 0 Å². The Labute approximate surface area is 182 Å². The van der Waals surface area contributed by atoms with Gasteiger partial charge in [0.1, 0.15) is 12.0 Å². The van der Waals surface area contributed by atoms with Gasteiger partial charge in [0, 0.05) is 29.3 Å². The van der Waals surface area contributed by atoms with E-state index < -0.39 is 17.8 Å². The van der Waals surface area contributed by atoms with E-state index in [9.17, 15) is 14.4 Å². The van der Waals surface area contributed by atoms with Gasteiger partial charge in [0.25, 0.3) is 0 Å². The standard InChI is InChI=1S/C25H29NO5/c1-15-21(25(29)31-18-7-4-3-5-8-18)22(23-19(26-15)9-6-10-20(23)27)16-11-13-17(14-12-16)24(28)30-2/h11-14,18,21-22H,3-10H2,1-2H3/t21?,22-/m1/s1. The van der Waals surface area contributed by atoms with Gasteiger partial charge in [0.05, 0.1) is 12.7 Å². The van der Waals surface area contributed by atoms with Crippen LogP contribution in [0.2, 0.25) is 0 Å². The van der Waals surface area contributed by atoms with Gasteiger partial charge in [-0.05, 0) is 63.1 Å². The van der Waals surface area contributed by atoms with E-state index in [1.807, 2.05) is 19.1 Å². The van der Waals surface area contributed by atoms with Crippen LogP contribution in [0.4, 0.5) is 0 Å². The van der Waals surface area contributed by atoms with Gasteiger partial charge in [-0.1, -0.05) is 18.6 Å². The second kappa shape index (κ2) is 9.16. The molecule has 0 aromatic heterocycles. The number of carbonyl (C=O) groups excluding carboxylic acids is 3. The highest BCUT2D eigenvalue weighted by atomic mass is 16.5. The maximum Gasteiger partial charge on any atom is 0.337 e. The second-order valence-corrected chi connectivity index (χ2v) is 8.66. The van der Waals surface area contributed by atoms with Gasteiger partial charge in [-0.15, -0.1) is 0 Å². The third kappa shape index (κ3) is 4.34. The molecule has 0 saturated heterocycles. The number of ether oxygens (including phenoxy) is 2. The molecular formula is C25H29NO5. The van der Waals surface area contributed by atoms with Crippen LogP contribution in [0.1, 0.15) is 80.1 Å². The lowest BCUT2D eigenvalue weighted by Gasteiger charge is -2.35. The first-order chi connectivity index (χ1) is 15.0. The molecule has 0 spiro atoms. The monoisotopic (exact) mass is 423 g/mol.